The Labute approximate surface area is 222 Å². The molecule has 2 aromatic rings. The molecule has 38 heavy (non-hydrogen) atoms. The number of benzene rings is 2. The number of aliphatic hydroxyl groups is 1. The lowest BCUT2D eigenvalue weighted by molar-refractivity contribution is -0.140. The molecule has 1 aliphatic rings. The van der Waals surface area contributed by atoms with Crippen molar-refractivity contribution in [2.45, 2.75) is 32.4 Å². The fourth-order valence-corrected chi connectivity index (χ4v) is 4.49. The number of hydrogen-bond acceptors (Lipinski definition) is 9. The van der Waals surface area contributed by atoms with Crippen LogP contribution in [0.25, 0.3) is 5.76 Å². The number of aliphatic hydroxyl groups excluding tert-OH is 1. The first-order valence-corrected chi connectivity index (χ1v) is 12.1. The Kier molecular flexibility index (Phi) is 9.46. The first kappa shape index (κ1) is 28.6. The average molecular weight is 530 g/mol. The van der Waals surface area contributed by atoms with Gasteiger partial charge in [0.25, 0.3) is 11.7 Å². The Morgan fingerprint density at radius 1 is 0.895 bits per heavy atom. The molecule has 0 bridgehead atoms. The molecule has 1 amide bonds. The van der Waals surface area contributed by atoms with E-state index in [1.54, 1.807) is 30.3 Å². The van der Waals surface area contributed by atoms with E-state index in [1.807, 2.05) is 13.8 Å². The summed E-state index contributed by atoms with van der Waals surface area (Å²) >= 11 is 0. The standard InChI is InChI=1S/C28H35NO9/c1-16(2)38-13-9-12-29-24(17-14-20(35-5)27(37-7)21(15-17)36-6)23(26(31)28(29)32)25(30)22-18(33-3)10-8-11-19(22)34-4/h8,10-11,14-16,24,30H,9,12-13H2,1-7H3/b25-23+. The van der Waals surface area contributed by atoms with Crippen molar-refractivity contribution in [1.29, 1.82) is 0 Å². The molecular weight excluding hydrogens is 494 g/mol. The van der Waals surface area contributed by atoms with E-state index in [4.69, 9.17) is 28.4 Å². The Hall–Kier alpha value is -3.92. The number of Topliss-reactive ketones (excluding diaryl/α,β-unsaturated/α-hetero) is 1. The number of likely N-dealkylation sites (tertiary alicyclic amines) is 1. The maximum atomic E-state index is 13.5. The van der Waals surface area contributed by atoms with Gasteiger partial charge in [-0.2, -0.15) is 0 Å². The van der Waals surface area contributed by atoms with Crippen LogP contribution in [0.1, 0.15) is 37.4 Å². The van der Waals surface area contributed by atoms with Crippen molar-refractivity contribution in [2.24, 2.45) is 0 Å². The first-order valence-electron chi connectivity index (χ1n) is 12.1. The second-order valence-corrected chi connectivity index (χ2v) is 8.76. The van der Waals surface area contributed by atoms with Gasteiger partial charge in [-0.1, -0.05) is 6.07 Å². The molecule has 1 atom stereocenters. The van der Waals surface area contributed by atoms with Crippen molar-refractivity contribution in [3.63, 3.8) is 0 Å². The van der Waals surface area contributed by atoms with Gasteiger partial charge < -0.3 is 38.4 Å². The van der Waals surface area contributed by atoms with Crippen LogP contribution in [0.2, 0.25) is 0 Å². The molecule has 0 saturated carbocycles. The third-order valence-electron chi connectivity index (χ3n) is 6.20. The van der Waals surface area contributed by atoms with Gasteiger partial charge in [0.15, 0.2) is 11.5 Å². The fourth-order valence-electron chi connectivity index (χ4n) is 4.49. The molecule has 206 valence electrons. The third kappa shape index (κ3) is 5.50. The van der Waals surface area contributed by atoms with Crippen LogP contribution in [-0.2, 0) is 14.3 Å². The van der Waals surface area contributed by atoms with E-state index in [2.05, 4.69) is 0 Å². The lowest BCUT2D eigenvalue weighted by Crippen LogP contribution is -2.31. The lowest BCUT2D eigenvalue weighted by Gasteiger charge is -2.27. The second-order valence-electron chi connectivity index (χ2n) is 8.76. The van der Waals surface area contributed by atoms with Gasteiger partial charge in [0, 0.05) is 13.2 Å². The summed E-state index contributed by atoms with van der Waals surface area (Å²) in [5.74, 6) is -0.410. The summed E-state index contributed by atoms with van der Waals surface area (Å²) in [5.41, 5.74) is 0.534. The zero-order valence-corrected chi connectivity index (χ0v) is 22.8. The minimum atomic E-state index is -0.961. The number of ether oxygens (including phenoxy) is 6. The van der Waals surface area contributed by atoms with Crippen LogP contribution in [0.5, 0.6) is 28.7 Å². The minimum absolute atomic E-state index is 0.0225. The zero-order chi connectivity index (χ0) is 28.0. The first-order chi connectivity index (χ1) is 18.2. The zero-order valence-electron chi connectivity index (χ0n) is 22.8. The van der Waals surface area contributed by atoms with Gasteiger partial charge >= 0.3 is 0 Å². The van der Waals surface area contributed by atoms with Gasteiger partial charge in [0.2, 0.25) is 5.75 Å². The van der Waals surface area contributed by atoms with Crippen LogP contribution in [-0.4, -0.2) is 76.5 Å². The quantitative estimate of drug-likeness (QED) is 0.189. The number of carbonyl (C=O) groups excluding carboxylic acids is 2. The van der Waals surface area contributed by atoms with Gasteiger partial charge in [0.05, 0.1) is 53.3 Å². The summed E-state index contributed by atoms with van der Waals surface area (Å²) in [4.78, 5) is 28.2. The molecule has 1 fully saturated rings. The molecule has 3 rings (SSSR count). The second kappa shape index (κ2) is 12.6. The van der Waals surface area contributed by atoms with E-state index in [-0.39, 0.29) is 35.3 Å². The molecule has 10 heteroatoms. The molecule has 1 saturated heterocycles. The summed E-state index contributed by atoms with van der Waals surface area (Å²) in [6.45, 7) is 4.44. The number of ketones is 1. The molecule has 0 radical (unpaired) electrons. The molecule has 1 heterocycles. The predicted octanol–water partition coefficient (Wildman–Crippen LogP) is 3.97. The number of methoxy groups -OCH3 is 5. The molecule has 1 N–H and O–H groups in total. The largest absolute Gasteiger partial charge is 0.506 e. The van der Waals surface area contributed by atoms with Crippen molar-refractivity contribution >= 4 is 17.4 Å². The predicted molar refractivity (Wildman–Crippen MR) is 140 cm³/mol. The third-order valence-corrected chi connectivity index (χ3v) is 6.20. The summed E-state index contributed by atoms with van der Waals surface area (Å²) < 4.78 is 33.0. The highest BCUT2D eigenvalue weighted by Crippen LogP contribution is 2.47. The number of amides is 1. The van der Waals surface area contributed by atoms with Crippen molar-refractivity contribution in [3.05, 3.63) is 47.0 Å². The van der Waals surface area contributed by atoms with E-state index in [0.29, 0.717) is 35.8 Å². The Bertz CT molecular complexity index is 1160. The highest BCUT2D eigenvalue weighted by Gasteiger charge is 2.47. The fraction of sp³-hybridized carbons (Fsp3) is 0.429. The van der Waals surface area contributed by atoms with Crippen molar-refractivity contribution < 1.29 is 43.1 Å². The number of nitrogens with zero attached hydrogens (tertiary/aromatic N) is 1. The smallest absolute Gasteiger partial charge is 0.295 e. The normalized spacial score (nSPS) is 16.6. The summed E-state index contributed by atoms with van der Waals surface area (Å²) in [5, 5.41) is 11.6. The Morgan fingerprint density at radius 2 is 1.45 bits per heavy atom. The topological polar surface area (TPSA) is 113 Å². The number of carbonyl (C=O) groups is 2. The monoisotopic (exact) mass is 529 g/mol. The van der Waals surface area contributed by atoms with E-state index < -0.39 is 23.5 Å². The molecule has 10 nitrogen and oxygen atoms in total. The molecule has 0 spiro atoms. The minimum Gasteiger partial charge on any atom is -0.506 e. The summed E-state index contributed by atoms with van der Waals surface area (Å²) in [7, 11) is 7.31. The van der Waals surface area contributed by atoms with Crippen LogP contribution in [0.3, 0.4) is 0 Å². The number of rotatable bonds is 12. The van der Waals surface area contributed by atoms with E-state index >= 15 is 0 Å². The van der Waals surface area contributed by atoms with Crippen LogP contribution in [0.4, 0.5) is 0 Å². The van der Waals surface area contributed by atoms with Crippen LogP contribution in [0.15, 0.2) is 35.9 Å². The summed E-state index contributed by atoms with van der Waals surface area (Å²) in [6.07, 6.45) is 0.499. The van der Waals surface area contributed by atoms with Crippen LogP contribution in [0, 0.1) is 0 Å². The van der Waals surface area contributed by atoms with Gasteiger partial charge in [-0.25, -0.2) is 0 Å². The number of hydrogen-bond donors (Lipinski definition) is 1. The van der Waals surface area contributed by atoms with Crippen molar-refractivity contribution in [3.8, 4) is 28.7 Å². The van der Waals surface area contributed by atoms with E-state index in [9.17, 15) is 14.7 Å². The van der Waals surface area contributed by atoms with Crippen LogP contribution >= 0.6 is 0 Å². The molecular formula is C28H35NO9. The summed E-state index contributed by atoms with van der Waals surface area (Å²) in [6, 6.07) is 7.30. The average Bonchev–Trinajstić information content (AvgIpc) is 3.18. The highest BCUT2D eigenvalue weighted by molar-refractivity contribution is 6.46. The maximum Gasteiger partial charge on any atom is 0.295 e. The van der Waals surface area contributed by atoms with Gasteiger partial charge in [-0.05, 0) is 50.1 Å². The van der Waals surface area contributed by atoms with E-state index in [0.717, 1.165) is 0 Å². The van der Waals surface area contributed by atoms with Gasteiger partial charge in [0.1, 0.15) is 22.8 Å². The highest BCUT2D eigenvalue weighted by atomic mass is 16.5. The van der Waals surface area contributed by atoms with E-state index in [1.165, 1.54) is 40.4 Å². The van der Waals surface area contributed by atoms with Gasteiger partial charge in [-0.3, -0.25) is 9.59 Å². The van der Waals surface area contributed by atoms with Crippen LogP contribution < -0.4 is 23.7 Å². The molecule has 0 aliphatic carbocycles. The molecule has 1 aliphatic heterocycles. The maximum absolute atomic E-state index is 13.5. The SMILES string of the molecule is COc1cc(C2/C(=C(\O)c3c(OC)cccc3OC)C(=O)C(=O)N2CCCOC(C)C)cc(OC)c1OC. The Morgan fingerprint density at radius 3 is 1.92 bits per heavy atom. The van der Waals surface area contributed by atoms with Gasteiger partial charge in [-0.15, -0.1) is 0 Å². The molecule has 2 aromatic carbocycles. The molecule has 1 unspecified atom stereocenters. The molecule has 0 aromatic heterocycles. The van der Waals surface area contributed by atoms with Crippen molar-refractivity contribution in [2.75, 3.05) is 48.7 Å². The Balaban J connectivity index is 2.26. The van der Waals surface area contributed by atoms with Crippen molar-refractivity contribution in [1.82, 2.24) is 4.90 Å². The lowest BCUT2D eigenvalue weighted by atomic mass is 9.94.